The largest absolute Gasteiger partial charge is 0.490 e. The highest BCUT2D eigenvalue weighted by atomic mass is 32.2. The third-order valence-electron chi connectivity index (χ3n) is 5.22. The minimum Gasteiger partial charge on any atom is -0.490 e. The molecule has 180 valence electrons. The molecule has 0 aliphatic carbocycles. The van der Waals surface area contributed by atoms with E-state index < -0.39 is 4.92 Å². The standard InChI is InChI=1S/C22H25FN6O4S/c1-13-10-18(29(31)32)19(33-5)11-17(13)24-20(30)12-34-22-26-25-21(14(2)27(3)4)28(22)16-8-6-15(23)7-9-16/h6-11,14H,12H2,1-5H3,(H,24,30)/t14-/m0/s1. The summed E-state index contributed by atoms with van der Waals surface area (Å²) in [6.45, 7) is 3.63. The van der Waals surface area contributed by atoms with Crippen LogP contribution in [-0.2, 0) is 4.79 Å². The van der Waals surface area contributed by atoms with Gasteiger partial charge in [0.15, 0.2) is 16.7 Å². The number of hydrogen-bond acceptors (Lipinski definition) is 8. The number of carbonyl (C=O) groups is 1. The third-order valence-corrected chi connectivity index (χ3v) is 6.15. The molecule has 0 fully saturated rings. The number of carbonyl (C=O) groups excluding carboxylic acids is 1. The van der Waals surface area contributed by atoms with E-state index in [1.165, 1.54) is 43.1 Å². The summed E-state index contributed by atoms with van der Waals surface area (Å²) < 4.78 is 20.4. The summed E-state index contributed by atoms with van der Waals surface area (Å²) in [4.78, 5) is 25.3. The maximum absolute atomic E-state index is 13.5. The van der Waals surface area contributed by atoms with Gasteiger partial charge in [0.05, 0.1) is 23.8 Å². The van der Waals surface area contributed by atoms with Crippen LogP contribution in [0, 0.1) is 22.9 Å². The van der Waals surface area contributed by atoms with Gasteiger partial charge in [-0.2, -0.15) is 0 Å². The fraction of sp³-hybridized carbons (Fsp3) is 0.318. The van der Waals surface area contributed by atoms with Crippen LogP contribution in [0.25, 0.3) is 5.69 Å². The SMILES string of the molecule is COc1cc(NC(=O)CSc2nnc([C@H](C)N(C)C)n2-c2ccc(F)cc2)c(C)cc1[N+](=O)[O-]. The van der Waals surface area contributed by atoms with E-state index in [2.05, 4.69) is 15.5 Å². The van der Waals surface area contributed by atoms with Crippen LogP contribution in [-0.4, -0.2) is 57.5 Å². The van der Waals surface area contributed by atoms with Gasteiger partial charge >= 0.3 is 5.69 Å². The summed E-state index contributed by atoms with van der Waals surface area (Å²) in [5, 5.41) is 23.0. The van der Waals surface area contributed by atoms with Gasteiger partial charge in [-0.25, -0.2) is 4.39 Å². The molecule has 10 nitrogen and oxygen atoms in total. The van der Waals surface area contributed by atoms with Crippen molar-refractivity contribution >= 4 is 29.0 Å². The second-order valence-electron chi connectivity index (χ2n) is 7.73. The fourth-order valence-electron chi connectivity index (χ4n) is 3.14. The molecule has 0 unspecified atom stereocenters. The number of hydrogen-bond donors (Lipinski definition) is 1. The van der Waals surface area contributed by atoms with Crippen LogP contribution in [0.2, 0.25) is 0 Å². The molecule has 0 saturated carbocycles. The average molecular weight is 489 g/mol. The Kier molecular flexibility index (Phi) is 7.84. The van der Waals surface area contributed by atoms with Gasteiger partial charge in [0, 0.05) is 23.5 Å². The molecule has 1 N–H and O–H groups in total. The van der Waals surface area contributed by atoms with Crippen molar-refractivity contribution in [2.24, 2.45) is 0 Å². The molecule has 0 bridgehead atoms. The lowest BCUT2D eigenvalue weighted by Crippen LogP contribution is -2.21. The van der Waals surface area contributed by atoms with Crippen molar-refractivity contribution in [3.05, 3.63) is 63.7 Å². The molecule has 0 aliphatic rings. The molecular formula is C22H25FN6O4S. The molecule has 34 heavy (non-hydrogen) atoms. The number of aromatic nitrogens is 3. The lowest BCUT2D eigenvalue weighted by Gasteiger charge is -2.20. The molecule has 1 heterocycles. The molecule has 12 heteroatoms. The van der Waals surface area contributed by atoms with Crippen molar-refractivity contribution in [2.75, 3.05) is 32.3 Å². The quantitative estimate of drug-likeness (QED) is 0.273. The molecule has 0 spiro atoms. The van der Waals surface area contributed by atoms with Crippen molar-refractivity contribution in [2.45, 2.75) is 25.0 Å². The predicted octanol–water partition coefficient (Wildman–Crippen LogP) is 3.99. The molecule has 3 rings (SSSR count). The zero-order valence-electron chi connectivity index (χ0n) is 19.4. The second kappa shape index (κ2) is 10.6. The first kappa shape index (κ1) is 25.1. The van der Waals surface area contributed by atoms with Crippen LogP contribution in [0.5, 0.6) is 5.75 Å². The van der Waals surface area contributed by atoms with Gasteiger partial charge < -0.3 is 10.1 Å². The van der Waals surface area contributed by atoms with E-state index >= 15 is 0 Å². The number of thioether (sulfide) groups is 1. The monoisotopic (exact) mass is 488 g/mol. The molecule has 0 radical (unpaired) electrons. The molecule has 1 aromatic heterocycles. The smallest absolute Gasteiger partial charge is 0.311 e. The topological polar surface area (TPSA) is 115 Å². The Hall–Kier alpha value is -3.51. The van der Waals surface area contributed by atoms with Crippen LogP contribution < -0.4 is 10.1 Å². The Balaban J connectivity index is 1.82. The van der Waals surface area contributed by atoms with E-state index in [0.717, 1.165) is 0 Å². The predicted molar refractivity (Wildman–Crippen MR) is 127 cm³/mol. The van der Waals surface area contributed by atoms with Crippen LogP contribution in [0.3, 0.4) is 0 Å². The highest BCUT2D eigenvalue weighted by Gasteiger charge is 2.22. The molecule has 1 atom stereocenters. The number of nitro benzene ring substituents is 1. The second-order valence-corrected chi connectivity index (χ2v) is 8.67. The first-order valence-electron chi connectivity index (χ1n) is 10.3. The Morgan fingerprint density at radius 1 is 1.29 bits per heavy atom. The van der Waals surface area contributed by atoms with Gasteiger partial charge in [-0.15, -0.1) is 10.2 Å². The third kappa shape index (κ3) is 5.51. The number of halogens is 1. The van der Waals surface area contributed by atoms with Crippen molar-refractivity contribution in [3.63, 3.8) is 0 Å². The van der Waals surface area contributed by atoms with Gasteiger partial charge in [0.1, 0.15) is 5.82 Å². The van der Waals surface area contributed by atoms with Crippen LogP contribution >= 0.6 is 11.8 Å². The van der Waals surface area contributed by atoms with E-state index in [4.69, 9.17) is 4.74 Å². The summed E-state index contributed by atoms with van der Waals surface area (Å²) >= 11 is 1.17. The minimum atomic E-state index is -0.540. The van der Waals surface area contributed by atoms with Crippen molar-refractivity contribution in [1.29, 1.82) is 0 Å². The number of aryl methyl sites for hydroxylation is 1. The van der Waals surface area contributed by atoms with E-state index in [1.54, 1.807) is 23.6 Å². The molecule has 2 aromatic carbocycles. The number of nitro groups is 1. The first-order chi connectivity index (χ1) is 16.1. The van der Waals surface area contributed by atoms with Crippen molar-refractivity contribution < 1.29 is 18.8 Å². The van der Waals surface area contributed by atoms with E-state index in [1.807, 2.05) is 25.9 Å². The molecule has 0 aliphatic heterocycles. The average Bonchev–Trinajstić information content (AvgIpc) is 3.22. The lowest BCUT2D eigenvalue weighted by atomic mass is 10.1. The normalized spacial score (nSPS) is 12.0. The number of amides is 1. The maximum Gasteiger partial charge on any atom is 0.311 e. The summed E-state index contributed by atoms with van der Waals surface area (Å²) in [5.41, 5.74) is 1.44. The van der Waals surface area contributed by atoms with Gasteiger partial charge in [0.2, 0.25) is 5.91 Å². The lowest BCUT2D eigenvalue weighted by molar-refractivity contribution is -0.385. The van der Waals surface area contributed by atoms with E-state index in [-0.39, 0.29) is 35.0 Å². The zero-order valence-corrected chi connectivity index (χ0v) is 20.2. The summed E-state index contributed by atoms with van der Waals surface area (Å²) in [6, 6.07) is 8.64. The van der Waals surface area contributed by atoms with Crippen LogP contribution in [0.4, 0.5) is 15.8 Å². The Morgan fingerprint density at radius 3 is 2.56 bits per heavy atom. The Morgan fingerprint density at radius 2 is 1.97 bits per heavy atom. The summed E-state index contributed by atoms with van der Waals surface area (Å²) in [5.74, 6) is 0.0165. The number of methoxy groups -OCH3 is 1. The Labute approximate surface area is 200 Å². The number of nitrogens with zero attached hydrogens (tertiary/aromatic N) is 5. The number of ether oxygens (including phenoxy) is 1. The first-order valence-corrected chi connectivity index (χ1v) is 11.2. The van der Waals surface area contributed by atoms with E-state index in [0.29, 0.717) is 27.9 Å². The maximum atomic E-state index is 13.5. The number of nitrogens with one attached hydrogen (secondary N) is 1. The van der Waals surface area contributed by atoms with Gasteiger partial charge in [-0.3, -0.25) is 24.4 Å². The summed E-state index contributed by atoms with van der Waals surface area (Å²) in [7, 11) is 5.15. The highest BCUT2D eigenvalue weighted by molar-refractivity contribution is 7.99. The molecule has 3 aromatic rings. The zero-order chi connectivity index (χ0) is 25.0. The molecular weight excluding hydrogens is 463 g/mol. The number of benzene rings is 2. The molecule has 1 amide bonds. The highest BCUT2D eigenvalue weighted by Crippen LogP contribution is 2.33. The molecule has 0 saturated heterocycles. The van der Waals surface area contributed by atoms with Gasteiger partial charge in [-0.1, -0.05) is 11.8 Å². The summed E-state index contributed by atoms with van der Waals surface area (Å²) in [6.07, 6.45) is 0. The minimum absolute atomic E-state index is 0.00835. The van der Waals surface area contributed by atoms with Crippen LogP contribution in [0.1, 0.15) is 24.4 Å². The van der Waals surface area contributed by atoms with Crippen molar-refractivity contribution in [3.8, 4) is 11.4 Å². The van der Waals surface area contributed by atoms with Gasteiger partial charge in [-0.05, 0) is 57.8 Å². The van der Waals surface area contributed by atoms with E-state index in [9.17, 15) is 19.3 Å². The van der Waals surface area contributed by atoms with Crippen LogP contribution in [0.15, 0.2) is 41.6 Å². The number of anilines is 1. The van der Waals surface area contributed by atoms with Gasteiger partial charge in [0.25, 0.3) is 0 Å². The van der Waals surface area contributed by atoms with Crippen molar-refractivity contribution in [1.82, 2.24) is 19.7 Å². The Bertz CT molecular complexity index is 1200. The number of rotatable bonds is 9. The fourth-order valence-corrected chi connectivity index (χ4v) is 3.90.